The molecule has 0 atom stereocenters. The summed E-state index contributed by atoms with van der Waals surface area (Å²) in [5.74, 6) is 2.10. The lowest BCUT2D eigenvalue weighted by Gasteiger charge is -2.39. The van der Waals surface area contributed by atoms with Crippen LogP contribution in [0.1, 0.15) is 19.5 Å². The Morgan fingerprint density at radius 1 is 1.33 bits per heavy atom. The number of nitrogens with zero attached hydrogens (tertiary/aromatic N) is 3. The Hall–Kier alpha value is -1.02. The normalized spacial score (nSPS) is 17.5. The summed E-state index contributed by atoms with van der Waals surface area (Å²) in [7, 11) is 1.85. The molecule has 1 aliphatic heterocycles. The van der Waals surface area contributed by atoms with E-state index >= 15 is 0 Å². The number of rotatable bonds is 2. The number of nitrogens with one attached hydrogen (secondary N) is 1. The van der Waals surface area contributed by atoms with Crippen molar-refractivity contribution >= 4 is 52.5 Å². The molecule has 4 nitrogen and oxygen atoms in total. The van der Waals surface area contributed by atoms with Gasteiger partial charge < -0.3 is 10.2 Å². The van der Waals surface area contributed by atoms with Crippen LogP contribution in [0.25, 0.3) is 10.8 Å². The average molecular weight is 456 g/mol. The number of hydrogen-bond donors (Lipinski definition) is 1. The quantitative estimate of drug-likeness (QED) is 0.425. The van der Waals surface area contributed by atoms with Crippen LogP contribution in [0.5, 0.6) is 0 Å². The summed E-state index contributed by atoms with van der Waals surface area (Å²) in [5.41, 5.74) is 1.06. The van der Waals surface area contributed by atoms with E-state index in [1.165, 1.54) is 10.8 Å². The van der Waals surface area contributed by atoms with Gasteiger partial charge >= 0.3 is 0 Å². The molecule has 0 saturated carbocycles. The molecule has 1 aromatic carbocycles. The SMILES string of the molecule is CN=C(NCc1nccc2ccccc12)N1CCSC(C)(C)C1.I. The molecule has 1 fully saturated rings. The average Bonchev–Trinajstić information content (AvgIpc) is 2.55. The standard InChI is InChI=1S/C18H24N4S.HI/c1-18(2)13-22(10-11-23-18)17(19-3)21-12-16-15-7-5-4-6-14(15)8-9-20-16;/h4-9H,10-13H2,1-3H3,(H,19,21);1H. The summed E-state index contributed by atoms with van der Waals surface area (Å²) < 4.78 is 0.271. The number of fused-ring (bicyclic) bond motifs is 1. The molecule has 6 heteroatoms. The molecule has 2 heterocycles. The third kappa shape index (κ3) is 4.53. The third-order valence-electron chi connectivity index (χ3n) is 4.11. The molecule has 0 unspecified atom stereocenters. The van der Waals surface area contributed by atoms with Gasteiger partial charge in [-0.2, -0.15) is 11.8 Å². The molecule has 1 aliphatic rings. The zero-order chi connectivity index (χ0) is 16.3. The van der Waals surface area contributed by atoms with Gasteiger partial charge in [-0.3, -0.25) is 9.98 Å². The minimum absolute atomic E-state index is 0. The summed E-state index contributed by atoms with van der Waals surface area (Å²) in [6, 6.07) is 10.4. The summed E-state index contributed by atoms with van der Waals surface area (Å²) in [4.78, 5) is 11.4. The van der Waals surface area contributed by atoms with Crippen LogP contribution in [0, 0.1) is 0 Å². The van der Waals surface area contributed by atoms with E-state index in [9.17, 15) is 0 Å². The molecule has 0 aliphatic carbocycles. The fraction of sp³-hybridized carbons (Fsp3) is 0.444. The van der Waals surface area contributed by atoms with Gasteiger partial charge in [0, 0.05) is 42.2 Å². The number of benzene rings is 1. The van der Waals surface area contributed by atoms with E-state index in [1.54, 1.807) is 0 Å². The van der Waals surface area contributed by atoms with Crippen LogP contribution >= 0.6 is 35.7 Å². The van der Waals surface area contributed by atoms with Gasteiger partial charge in [-0.1, -0.05) is 24.3 Å². The molecule has 0 spiro atoms. The van der Waals surface area contributed by atoms with Gasteiger partial charge in [0.25, 0.3) is 0 Å². The second kappa shape index (κ2) is 8.38. The fourth-order valence-corrected chi connectivity index (χ4v) is 4.13. The highest BCUT2D eigenvalue weighted by molar-refractivity contribution is 14.0. The van der Waals surface area contributed by atoms with Gasteiger partial charge in [-0.15, -0.1) is 24.0 Å². The van der Waals surface area contributed by atoms with E-state index in [0.717, 1.165) is 30.5 Å². The summed E-state index contributed by atoms with van der Waals surface area (Å²) in [6.45, 7) is 7.34. The predicted molar refractivity (Wildman–Crippen MR) is 115 cm³/mol. The van der Waals surface area contributed by atoms with E-state index < -0.39 is 0 Å². The minimum atomic E-state index is 0. The molecule has 0 bridgehead atoms. The molecule has 1 N–H and O–H groups in total. The molecule has 1 saturated heterocycles. The Balaban J connectivity index is 0.00000208. The van der Waals surface area contributed by atoms with Gasteiger partial charge in [-0.25, -0.2) is 0 Å². The van der Waals surface area contributed by atoms with Gasteiger partial charge in [0.2, 0.25) is 0 Å². The van der Waals surface area contributed by atoms with E-state index in [0.29, 0.717) is 6.54 Å². The first kappa shape index (κ1) is 19.3. The van der Waals surface area contributed by atoms with Crippen molar-refractivity contribution in [2.24, 2.45) is 4.99 Å². The first-order valence-corrected chi connectivity index (χ1v) is 9.00. The van der Waals surface area contributed by atoms with Crippen molar-refractivity contribution in [3.05, 3.63) is 42.2 Å². The topological polar surface area (TPSA) is 40.5 Å². The van der Waals surface area contributed by atoms with Gasteiger partial charge in [0.15, 0.2) is 5.96 Å². The van der Waals surface area contributed by atoms with Crippen LogP contribution in [0.3, 0.4) is 0 Å². The van der Waals surface area contributed by atoms with Crippen LogP contribution < -0.4 is 5.32 Å². The van der Waals surface area contributed by atoms with Crippen molar-refractivity contribution in [1.29, 1.82) is 0 Å². The molecular formula is C18H25IN4S. The minimum Gasteiger partial charge on any atom is -0.351 e. The lowest BCUT2D eigenvalue weighted by Crippen LogP contribution is -2.50. The van der Waals surface area contributed by atoms with Gasteiger partial charge in [0.05, 0.1) is 12.2 Å². The van der Waals surface area contributed by atoms with Crippen molar-refractivity contribution < 1.29 is 0 Å². The van der Waals surface area contributed by atoms with Crippen LogP contribution in [0.15, 0.2) is 41.5 Å². The molecule has 1 aromatic heterocycles. The Kier molecular flexibility index (Phi) is 6.74. The van der Waals surface area contributed by atoms with Gasteiger partial charge in [-0.05, 0) is 25.3 Å². The molecule has 2 aromatic rings. The fourth-order valence-electron chi connectivity index (χ4n) is 3.02. The van der Waals surface area contributed by atoms with Crippen LogP contribution in [0.2, 0.25) is 0 Å². The summed E-state index contributed by atoms with van der Waals surface area (Å²) in [6.07, 6.45) is 1.88. The molecule has 24 heavy (non-hydrogen) atoms. The van der Waals surface area contributed by atoms with Crippen molar-refractivity contribution in [2.45, 2.75) is 25.1 Å². The monoisotopic (exact) mass is 456 g/mol. The molecular weight excluding hydrogens is 431 g/mol. The highest BCUT2D eigenvalue weighted by Gasteiger charge is 2.28. The predicted octanol–water partition coefficient (Wildman–Crippen LogP) is 3.76. The summed E-state index contributed by atoms with van der Waals surface area (Å²) in [5, 5.41) is 5.92. The van der Waals surface area contributed by atoms with E-state index in [4.69, 9.17) is 0 Å². The lowest BCUT2D eigenvalue weighted by molar-refractivity contribution is 0.375. The Labute approximate surface area is 165 Å². The maximum absolute atomic E-state index is 4.55. The second-order valence-corrected chi connectivity index (χ2v) is 8.21. The zero-order valence-electron chi connectivity index (χ0n) is 14.5. The van der Waals surface area contributed by atoms with Crippen LogP contribution in [0.4, 0.5) is 0 Å². The molecule has 130 valence electrons. The lowest BCUT2D eigenvalue weighted by atomic mass is 10.1. The molecule has 0 amide bonds. The highest BCUT2D eigenvalue weighted by atomic mass is 127. The van der Waals surface area contributed by atoms with Crippen LogP contribution in [-0.4, -0.2) is 46.5 Å². The largest absolute Gasteiger partial charge is 0.351 e. The van der Waals surface area contributed by atoms with E-state index in [2.05, 4.69) is 64.4 Å². The summed E-state index contributed by atoms with van der Waals surface area (Å²) >= 11 is 2.03. The number of thioether (sulfide) groups is 1. The first-order chi connectivity index (χ1) is 11.1. The number of aromatic nitrogens is 1. The number of aliphatic imine (C=N–C) groups is 1. The number of pyridine rings is 1. The Morgan fingerprint density at radius 3 is 2.88 bits per heavy atom. The smallest absolute Gasteiger partial charge is 0.194 e. The van der Waals surface area contributed by atoms with E-state index in [1.807, 2.05) is 25.0 Å². The Morgan fingerprint density at radius 2 is 2.12 bits per heavy atom. The van der Waals surface area contributed by atoms with Crippen molar-refractivity contribution in [2.75, 3.05) is 25.9 Å². The van der Waals surface area contributed by atoms with E-state index in [-0.39, 0.29) is 28.7 Å². The van der Waals surface area contributed by atoms with Crippen molar-refractivity contribution in [3.63, 3.8) is 0 Å². The third-order valence-corrected chi connectivity index (χ3v) is 5.40. The highest BCUT2D eigenvalue weighted by Crippen LogP contribution is 2.29. The number of hydrogen-bond acceptors (Lipinski definition) is 3. The number of guanidine groups is 1. The maximum atomic E-state index is 4.55. The van der Waals surface area contributed by atoms with Gasteiger partial charge in [0.1, 0.15) is 0 Å². The zero-order valence-corrected chi connectivity index (χ0v) is 17.6. The first-order valence-electron chi connectivity index (χ1n) is 8.01. The second-order valence-electron chi connectivity index (χ2n) is 6.41. The molecule has 0 radical (unpaired) electrons. The maximum Gasteiger partial charge on any atom is 0.194 e. The van der Waals surface area contributed by atoms with Crippen molar-refractivity contribution in [3.8, 4) is 0 Å². The number of halogens is 1. The Bertz CT molecular complexity index is 712. The molecule has 3 rings (SSSR count). The van der Waals surface area contributed by atoms with Crippen LogP contribution in [-0.2, 0) is 6.54 Å². The van der Waals surface area contributed by atoms with Crippen molar-refractivity contribution in [1.82, 2.24) is 15.2 Å².